The van der Waals surface area contributed by atoms with E-state index in [1.165, 1.54) is 0 Å². The van der Waals surface area contributed by atoms with Gasteiger partial charge in [0.2, 0.25) is 10.0 Å². The molecule has 25 heavy (non-hydrogen) atoms. The Morgan fingerprint density at radius 1 is 1.28 bits per heavy atom. The van der Waals surface area contributed by atoms with Crippen molar-refractivity contribution in [3.05, 3.63) is 33.4 Å². The first-order chi connectivity index (χ1) is 11.4. The number of nitrogens with two attached hydrogens (primary N) is 1. The number of anilines is 1. The van der Waals surface area contributed by atoms with Gasteiger partial charge in [-0.05, 0) is 19.2 Å². The molecule has 1 aromatic carbocycles. The van der Waals surface area contributed by atoms with Crippen molar-refractivity contribution in [2.24, 2.45) is 0 Å². The van der Waals surface area contributed by atoms with Gasteiger partial charge in [-0.1, -0.05) is 23.2 Å². The van der Waals surface area contributed by atoms with Crippen molar-refractivity contribution in [2.45, 2.75) is 11.1 Å². The molecule has 0 aliphatic heterocycles. The number of nitrogen functional groups attached to an aromatic ring is 1. The largest absolute Gasteiger partial charge is 0.416 e. The van der Waals surface area contributed by atoms with E-state index < -0.39 is 48.2 Å². The van der Waals surface area contributed by atoms with E-state index >= 15 is 0 Å². The van der Waals surface area contributed by atoms with E-state index in [0.717, 1.165) is 7.05 Å². The molecular formula is C12H9Cl2F3N4O3S. The summed E-state index contributed by atoms with van der Waals surface area (Å²) in [5.74, 6) is -0.542. The van der Waals surface area contributed by atoms with Gasteiger partial charge in [0.15, 0.2) is 11.2 Å². The molecule has 0 aliphatic rings. The van der Waals surface area contributed by atoms with Crippen molar-refractivity contribution in [3.63, 3.8) is 0 Å². The van der Waals surface area contributed by atoms with Crippen LogP contribution in [-0.2, 0) is 16.2 Å². The smallest absolute Gasteiger partial charge is 0.382 e. The van der Waals surface area contributed by atoms with Crippen LogP contribution in [0, 0.1) is 0 Å². The fraction of sp³-hybridized carbons (Fsp3) is 0.167. The normalized spacial score (nSPS) is 12.4. The summed E-state index contributed by atoms with van der Waals surface area (Å²) in [6, 6.07) is 1.16. The highest BCUT2D eigenvalue weighted by Gasteiger charge is 2.33. The third-order valence-electron chi connectivity index (χ3n) is 3.11. The van der Waals surface area contributed by atoms with Crippen LogP contribution in [0.2, 0.25) is 10.0 Å². The number of rotatable bonds is 4. The van der Waals surface area contributed by atoms with Crippen LogP contribution in [-0.4, -0.2) is 31.5 Å². The van der Waals surface area contributed by atoms with Gasteiger partial charge in [0.05, 0.1) is 15.6 Å². The molecule has 0 bridgehead atoms. The number of sulfonamides is 1. The summed E-state index contributed by atoms with van der Waals surface area (Å²) in [6.07, 6.45) is -4.57. The van der Waals surface area contributed by atoms with Crippen LogP contribution >= 0.6 is 23.2 Å². The second kappa shape index (κ2) is 6.48. The van der Waals surface area contributed by atoms with Crippen LogP contribution < -0.4 is 10.5 Å². The average Bonchev–Trinajstić information content (AvgIpc) is 2.83. The number of nitrogens with zero attached hydrogens (tertiary/aromatic N) is 2. The van der Waals surface area contributed by atoms with Gasteiger partial charge in [0.25, 0.3) is 0 Å². The molecule has 3 N–H and O–H groups in total. The number of nitrogens with one attached hydrogen (secondary N) is 1. The van der Waals surface area contributed by atoms with E-state index in [-0.39, 0.29) is 12.0 Å². The highest BCUT2D eigenvalue weighted by atomic mass is 35.5. The standard InChI is InChI=1S/C12H9Cl2F3N4O3S/c1-19-25(23,24)10-8(4-22)20-21(11(10)18)9-6(13)2-5(3-7(9)14)12(15,16)17/h2-4,19H,18H2,1H3. The summed E-state index contributed by atoms with van der Waals surface area (Å²) in [5, 5.41) is 2.71. The number of aldehydes is 1. The third kappa shape index (κ3) is 3.45. The lowest BCUT2D eigenvalue weighted by Gasteiger charge is -2.13. The highest BCUT2D eigenvalue weighted by molar-refractivity contribution is 7.89. The van der Waals surface area contributed by atoms with Gasteiger partial charge in [0, 0.05) is 0 Å². The molecule has 2 rings (SSSR count). The number of carbonyl (C=O) groups excluding carboxylic acids is 1. The molecule has 7 nitrogen and oxygen atoms in total. The molecule has 0 aliphatic carbocycles. The fourth-order valence-corrected chi connectivity index (χ4v) is 3.57. The van der Waals surface area contributed by atoms with Crippen LogP contribution in [0.1, 0.15) is 16.1 Å². The number of hydrogen-bond donors (Lipinski definition) is 2. The minimum absolute atomic E-state index is 0.128. The van der Waals surface area contributed by atoms with Crippen molar-refractivity contribution in [3.8, 4) is 5.69 Å². The number of carbonyl (C=O) groups is 1. The van der Waals surface area contributed by atoms with Crippen LogP contribution in [0.25, 0.3) is 5.69 Å². The molecule has 136 valence electrons. The second-order valence-corrected chi connectivity index (χ2v) is 7.26. The Morgan fingerprint density at radius 2 is 1.80 bits per heavy atom. The number of benzene rings is 1. The van der Waals surface area contributed by atoms with Crippen molar-refractivity contribution in [1.29, 1.82) is 0 Å². The van der Waals surface area contributed by atoms with E-state index in [2.05, 4.69) is 5.10 Å². The van der Waals surface area contributed by atoms with E-state index in [1.807, 2.05) is 4.72 Å². The second-order valence-electron chi connectivity index (χ2n) is 4.62. The summed E-state index contributed by atoms with van der Waals surface area (Å²) < 4.78 is 65.0. The molecule has 2 aromatic rings. The van der Waals surface area contributed by atoms with Crippen LogP contribution in [0.4, 0.5) is 19.0 Å². The van der Waals surface area contributed by atoms with E-state index in [0.29, 0.717) is 16.8 Å². The Hall–Kier alpha value is -1.82. The maximum atomic E-state index is 12.8. The predicted octanol–water partition coefficient (Wildman–Crippen LogP) is 2.50. The number of aromatic nitrogens is 2. The number of halogens is 5. The number of hydrogen-bond acceptors (Lipinski definition) is 5. The Labute approximate surface area is 149 Å². The topological polar surface area (TPSA) is 107 Å². The molecule has 0 fully saturated rings. The molecule has 0 radical (unpaired) electrons. The summed E-state index contributed by atoms with van der Waals surface area (Å²) in [5.41, 5.74) is 3.75. The van der Waals surface area contributed by atoms with Gasteiger partial charge in [-0.2, -0.15) is 18.3 Å². The van der Waals surface area contributed by atoms with Crippen LogP contribution in [0.5, 0.6) is 0 Å². The average molecular weight is 417 g/mol. The van der Waals surface area contributed by atoms with Gasteiger partial charge in [-0.3, -0.25) is 4.79 Å². The summed E-state index contributed by atoms with van der Waals surface area (Å²) >= 11 is 11.7. The zero-order chi connectivity index (χ0) is 19.2. The monoisotopic (exact) mass is 416 g/mol. The first kappa shape index (κ1) is 19.5. The Bertz CT molecular complexity index is 934. The van der Waals surface area contributed by atoms with E-state index in [4.69, 9.17) is 28.9 Å². The van der Waals surface area contributed by atoms with Crippen LogP contribution in [0.15, 0.2) is 17.0 Å². The van der Waals surface area contributed by atoms with Crippen LogP contribution in [0.3, 0.4) is 0 Å². The van der Waals surface area contributed by atoms with Crippen molar-refractivity contribution >= 4 is 45.3 Å². The SMILES string of the molecule is CNS(=O)(=O)c1c(C=O)nn(-c2c(Cl)cc(C(F)(F)F)cc2Cl)c1N. The zero-order valence-electron chi connectivity index (χ0n) is 12.2. The molecule has 0 saturated carbocycles. The van der Waals surface area contributed by atoms with Gasteiger partial charge >= 0.3 is 6.18 Å². The van der Waals surface area contributed by atoms with Gasteiger partial charge in [-0.15, -0.1) is 0 Å². The predicted molar refractivity (Wildman–Crippen MR) is 84.6 cm³/mol. The van der Waals surface area contributed by atoms with Gasteiger partial charge in [-0.25, -0.2) is 17.8 Å². The lowest BCUT2D eigenvalue weighted by Crippen LogP contribution is -2.20. The zero-order valence-corrected chi connectivity index (χ0v) is 14.6. The van der Waals surface area contributed by atoms with E-state index in [1.54, 1.807) is 0 Å². The lowest BCUT2D eigenvalue weighted by molar-refractivity contribution is -0.137. The fourth-order valence-electron chi connectivity index (χ4n) is 1.99. The van der Waals surface area contributed by atoms with E-state index in [9.17, 15) is 26.4 Å². The number of alkyl halides is 3. The summed E-state index contributed by atoms with van der Waals surface area (Å²) in [4.78, 5) is 10.5. The molecule has 0 saturated heterocycles. The molecule has 1 heterocycles. The third-order valence-corrected chi connectivity index (χ3v) is 5.18. The van der Waals surface area contributed by atoms with Crippen molar-refractivity contribution in [1.82, 2.24) is 14.5 Å². The first-order valence-electron chi connectivity index (χ1n) is 6.28. The maximum absolute atomic E-state index is 12.8. The minimum Gasteiger partial charge on any atom is -0.382 e. The highest BCUT2D eigenvalue weighted by Crippen LogP contribution is 2.39. The molecule has 1 aromatic heterocycles. The molecule has 0 spiro atoms. The molecule has 0 amide bonds. The minimum atomic E-state index is -4.70. The summed E-state index contributed by atoms with van der Waals surface area (Å²) in [7, 11) is -3.09. The molecule has 13 heteroatoms. The van der Waals surface area contributed by atoms with Gasteiger partial charge in [0.1, 0.15) is 17.2 Å². The molecule has 0 unspecified atom stereocenters. The van der Waals surface area contributed by atoms with Crippen molar-refractivity contribution < 1.29 is 26.4 Å². The Balaban J connectivity index is 2.79. The Kier molecular flexibility index (Phi) is 5.06. The lowest BCUT2D eigenvalue weighted by atomic mass is 10.2. The van der Waals surface area contributed by atoms with Crippen molar-refractivity contribution in [2.75, 3.05) is 12.8 Å². The molecular weight excluding hydrogens is 408 g/mol. The van der Waals surface area contributed by atoms with Gasteiger partial charge < -0.3 is 5.73 Å². The summed E-state index contributed by atoms with van der Waals surface area (Å²) in [6.45, 7) is 0. The maximum Gasteiger partial charge on any atom is 0.416 e. The first-order valence-corrected chi connectivity index (χ1v) is 8.51. The quantitative estimate of drug-likeness (QED) is 0.744. The Morgan fingerprint density at radius 3 is 2.20 bits per heavy atom. The molecule has 0 atom stereocenters.